The highest BCUT2D eigenvalue weighted by molar-refractivity contribution is 14.0. The van der Waals surface area contributed by atoms with Gasteiger partial charge in [0.1, 0.15) is 5.82 Å². The number of carbonyl (C=O) groups is 1. The summed E-state index contributed by atoms with van der Waals surface area (Å²) in [6.45, 7) is 5.34. The van der Waals surface area contributed by atoms with Crippen molar-refractivity contribution in [3.8, 4) is 0 Å². The Morgan fingerprint density at radius 1 is 1.34 bits per heavy atom. The van der Waals surface area contributed by atoms with Crippen LogP contribution in [0.2, 0.25) is 0 Å². The van der Waals surface area contributed by atoms with Gasteiger partial charge in [-0.1, -0.05) is 0 Å². The van der Waals surface area contributed by atoms with Gasteiger partial charge in [-0.25, -0.2) is 4.39 Å². The second kappa shape index (κ2) is 11.4. The van der Waals surface area contributed by atoms with Crippen LogP contribution in [0.25, 0.3) is 10.9 Å². The number of nitrogens with one attached hydrogen (secondary N) is 3. The number of guanidine groups is 1. The van der Waals surface area contributed by atoms with Crippen LogP contribution >= 0.6 is 24.0 Å². The number of carbonyl (C=O) groups excluding carboxylic acids is 1. The number of likely N-dealkylation sites (tertiary alicyclic amines) is 1. The third kappa shape index (κ3) is 6.32. The van der Waals surface area contributed by atoms with E-state index in [1.807, 2.05) is 6.20 Å². The number of aromatic nitrogens is 1. The van der Waals surface area contributed by atoms with E-state index in [0.717, 1.165) is 61.3 Å². The van der Waals surface area contributed by atoms with Gasteiger partial charge in [-0.2, -0.15) is 0 Å². The maximum absolute atomic E-state index is 13.5. The van der Waals surface area contributed by atoms with E-state index in [0.29, 0.717) is 18.9 Å². The summed E-state index contributed by atoms with van der Waals surface area (Å²) < 4.78 is 13.5. The van der Waals surface area contributed by atoms with Crippen molar-refractivity contribution in [3.63, 3.8) is 0 Å². The number of H-pyrrole nitrogens is 1. The zero-order chi connectivity index (χ0) is 19.9. The van der Waals surface area contributed by atoms with Gasteiger partial charge >= 0.3 is 0 Å². The number of fused-ring (bicyclic) bond motifs is 1. The molecule has 0 aliphatic carbocycles. The van der Waals surface area contributed by atoms with E-state index >= 15 is 0 Å². The van der Waals surface area contributed by atoms with Crippen molar-refractivity contribution >= 4 is 46.7 Å². The van der Waals surface area contributed by atoms with E-state index in [4.69, 9.17) is 4.99 Å². The van der Waals surface area contributed by atoms with Gasteiger partial charge in [-0.3, -0.25) is 9.79 Å². The molecule has 1 saturated heterocycles. The highest BCUT2D eigenvalue weighted by Gasteiger charge is 2.23. The molecule has 3 N–H and O–H groups in total. The Balaban J connectivity index is 0.00000300. The van der Waals surface area contributed by atoms with Gasteiger partial charge in [0.2, 0.25) is 5.91 Å². The predicted molar refractivity (Wildman–Crippen MR) is 126 cm³/mol. The predicted octanol–water partition coefficient (Wildman–Crippen LogP) is 3.28. The molecule has 0 saturated carbocycles. The molecule has 0 radical (unpaired) electrons. The summed E-state index contributed by atoms with van der Waals surface area (Å²) in [6, 6.07) is 4.82. The van der Waals surface area contributed by atoms with Crippen LogP contribution in [0.15, 0.2) is 29.4 Å². The Hall–Kier alpha value is -1.84. The Labute approximate surface area is 188 Å². The van der Waals surface area contributed by atoms with Gasteiger partial charge in [0, 0.05) is 56.7 Å². The van der Waals surface area contributed by atoms with E-state index < -0.39 is 0 Å². The Kier molecular flexibility index (Phi) is 9.19. The molecule has 1 amide bonds. The summed E-state index contributed by atoms with van der Waals surface area (Å²) in [4.78, 5) is 21.8. The molecule has 1 aliphatic rings. The highest BCUT2D eigenvalue weighted by Crippen LogP contribution is 2.21. The second-order valence-corrected chi connectivity index (χ2v) is 7.30. The lowest BCUT2D eigenvalue weighted by atomic mass is 9.93. The number of benzene rings is 1. The lowest BCUT2D eigenvalue weighted by Gasteiger charge is -2.34. The molecule has 8 heteroatoms. The minimum absolute atomic E-state index is 0. The number of aliphatic imine (C=N–C) groups is 1. The van der Waals surface area contributed by atoms with Gasteiger partial charge in [-0.05, 0) is 55.9 Å². The summed E-state index contributed by atoms with van der Waals surface area (Å²) in [5.41, 5.74) is 2.03. The smallest absolute Gasteiger partial charge is 0.220 e. The first kappa shape index (κ1) is 23.4. The molecular formula is C21H31FIN5O. The maximum atomic E-state index is 13.5. The fraction of sp³-hybridized carbons (Fsp3) is 0.524. The topological polar surface area (TPSA) is 72.5 Å². The summed E-state index contributed by atoms with van der Waals surface area (Å²) >= 11 is 0. The minimum Gasteiger partial charge on any atom is -0.361 e. The number of aromatic amines is 1. The molecular weight excluding hydrogens is 484 g/mol. The van der Waals surface area contributed by atoms with Crippen molar-refractivity contribution in [2.75, 3.05) is 33.2 Å². The minimum atomic E-state index is -0.218. The molecule has 1 fully saturated rings. The number of hydrogen-bond acceptors (Lipinski definition) is 2. The average Bonchev–Trinajstić information content (AvgIpc) is 3.10. The lowest BCUT2D eigenvalue weighted by molar-refractivity contribution is -0.121. The van der Waals surface area contributed by atoms with E-state index in [9.17, 15) is 9.18 Å². The molecule has 2 heterocycles. The molecule has 2 aromatic rings. The Bertz CT molecular complexity index is 830. The number of amides is 1. The van der Waals surface area contributed by atoms with Crippen molar-refractivity contribution in [1.82, 2.24) is 20.5 Å². The fourth-order valence-corrected chi connectivity index (χ4v) is 3.78. The Morgan fingerprint density at radius 3 is 2.79 bits per heavy atom. The van der Waals surface area contributed by atoms with Gasteiger partial charge in [0.15, 0.2) is 5.96 Å². The third-order valence-corrected chi connectivity index (χ3v) is 5.37. The van der Waals surface area contributed by atoms with Gasteiger partial charge in [0.05, 0.1) is 0 Å². The summed E-state index contributed by atoms with van der Waals surface area (Å²) in [5, 5.41) is 7.01. The van der Waals surface area contributed by atoms with Crippen molar-refractivity contribution in [1.29, 1.82) is 0 Å². The van der Waals surface area contributed by atoms with E-state index in [2.05, 4.69) is 27.4 Å². The monoisotopic (exact) mass is 515 g/mol. The molecule has 0 bridgehead atoms. The van der Waals surface area contributed by atoms with Crippen molar-refractivity contribution in [2.24, 2.45) is 10.9 Å². The van der Waals surface area contributed by atoms with Crippen LogP contribution in [0.1, 0.15) is 31.7 Å². The van der Waals surface area contributed by atoms with Crippen LogP contribution in [0.3, 0.4) is 0 Å². The summed E-state index contributed by atoms with van der Waals surface area (Å²) in [6.07, 6.45) is 5.30. The lowest BCUT2D eigenvalue weighted by Crippen LogP contribution is -2.46. The zero-order valence-electron chi connectivity index (χ0n) is 17.1. The van der Waals surface area contributed by atoms with Crippen molar-refractivity contribution in [3.05, 3.63) is 35.8 Å². The zero-order valence-corrected chi connectivity index (χ0v) is 19.5. The molecule has 0 spiro atoms. The first-order valence-corrected chi connectivity index (χ1v) is 10.1. The van der Waals surface area contributed by atoms with Crippen LogP contribution < -0.4 is 10.6 Å². The first-order chi connectivity index (χ1) is 13.6. The number of hydrogen-bond donors (Lipinski definition) is 3. The van der Waals surface area contributed by atoms with Gasteiger partial charge in [-0.15, -0.1) is 24.0 Å². The molecule has 6 nitrogen and oxygen atoms in total. The van der Waals surface area contributed by atoms with Crippen LogP contribution in [0.4, 0.5) is 4.39 Å². The number of rotatable bonds is 6. The highest BCUT2D eigenvalue weighted by atomic mass is 127. The van der Waals surface area contributed by atoms with Gasteiger partial charge in [0.25, 0.3) is 0 Å². The van der Waals surface area contributed by atoms with Crippen molar-refractivity contribution in [2.45, 2.75) is 32.6 Å². The third-order valence-electron chi connectivity index (χ3n) is 5.37. The second-order valence-electron chi connectivity index (χ2n) is 7.30. The molecule has 0 unspecified atom stereocenters. The summed E-state index contributed by atoms with van der Waals surface area (Å²) in [7, 11) is 1.69. The van der Waals surface area contributed by atoms with Crippen molar-refractivity contribution < 1.29 is 9.18 Å². The SMILES string of the molecule is CCNC(=NCCc1c[nH]c2ccc(F)cc12)N1CCC(CC(=O)NC)CC1.I. The first-order valence-electron chi connectivity index (χ1n) is 10.1. The largest absolute Gasteiger partial charge is 0.361 e. The Morgan fingerprint density at radius 2 is 2.10 bits per heavy atom. The fourth-order valence-electron chi connectivity index (χ4n) is 3.78. The normalized spacial score (nSPS) is 15.3. The molecule has 29 heavy (non-hydrogen) atoms. The number of halogens is 2. The molecule has 3 rings (SSSR count). The quantitative estimate of drug-likeness (QED) is 0.314. The van der Waals surface area contributed by atoms with E-state index in [-0.39, 0.29) is 35.7 Å². The molecule has 1 aliphatic heterocycles. The standard InChI is InChI=1S/C21H30FN5O.HI/c1-3-24-21(27-10-7-15(8-11-27)12-20(28)23-2)25-9-6-16-14-26-19-5-4-17(22)13-18(16)19;/h4-5,13-15,26H,3,6-12H2,1-2H3,(H,23,28)(H,24,25);1H. The molecule has 1 aromatic heterocycles. The van der Waals surface area contributed by atoms with E-state index in [1.165, 1.54) is 6.07 Å². The van der Waals surface area contributed by atoms with Crippen LogP contribution in [-0.2, 0) is 11.2 Å². The molecule has 0 atom stereocenters. The summed E-state index contributed by atoms with van der Waals surface area (Å²) in [5.74, 6) is 1.27. The van der Waals surface area contributed by atoms with Gasteiger partial charge < -0.3 is 20.5 Å². The number of piperidine rings is 1. The molecule has 1 aromatic carbocycles. The van der Waals surface area contributed by atoms with Crippen LogP contribution in [0, 0.1) is 11.7 Å². The average molecular weight is 515 g/mol. The van der Waals surface area contributed by atoms with Crippen LogP contribution in [-0.4, -0.2) is 55.0 Å². The van der Waals surface area contributed by atoms with Crippen LogP contribution in [0.5, 0.6) is 0 Å². The number of nitrogens with zero attached hydrogens (tertiary/aromatic N) is 2. The maximum Gasteiger partial charge on any atom is 0.220 e. The van der Waals surface area contributed by atoms with E-state index in [1.54, 1.807) is 19.2 Å². The molecule has 160 valence electrons.